The number of fused-ring (bicyclic) bond motifs is 2. The summed E-state index contributed by atoms with van der Waals surface area (Å²) in [6.45, 7) is 0.192. The van der Waals surface area contributed by atoms with E-state index in [1.807, 2.05) is 24.1 Å². The van der Waals surface area contributed by atoms with Gasteiger partial charge in [-0.2, -0.15) is 0 Å². The molecule has 1 aliphatic heterocycles. The number of rotatable bonds is 2. The Labute approximate surface area is 136 Å². The molecule has 5 nitrogen and oxygen atoms in total. The van der Waals surface area contributed by atoms with Crippen molar-refractivity contribution >= 4 is 34.0 Å². The average Bonchev–Trinajstić information content (AvgIpc) is 3.01. The number of nitrogens with zero attached hydrogens (tertiary/aromatic N) is 3. The lowest BCUT2D eigenvalue weighted by Gasteiger charge is -2.20. The highest BCUT2D eigenvalue weighted by Crippen LogP contribution is 2.39. The summed E-state index contributed by atoms with van der Waals surface area (Å²) in [5.41, 5.74) is 1.45. The molecule has 2 heterocycles. The zero-order chi connectivity index (χ0) is 16.0. The van der Waals surface area contributed by atoms with Crippen LogP contribution in [-0.2, 0) is 0 Å². The monoisotopic (exact) mass is 331 g/mol. The third-order valence-electron chi connectivity index (χ3n) is 3.72. The molecule has 0 aliphatic carbocycles. The Hall–Kier alpha value is -2.60. The van der Waals surface area contributed by atoms with Crippen molar-refractivity contribution < 1.29 is 13.9 Å². The first-order valence-electron chi connectivity index (χ1n) is 6.86. The molecule has 1 aromatic heterocycles. The van der Waals surface area contributed by atoms with Crippen molar-refractivity contribution in [1.29, 1.82) is 0 Å². The van der Waals surface area contributed by atoms with Crippen LogP contribution in [0, 0.1) is 5.82 Å². The van der Waals surface area contributed by atoms with E-state index >= 15 is 0 Å². The third kappa shape index (κ3) is 2.31. The molecule has 0 saturated carbocycles. The Morgan fingerprint density at radius 3 is 2.70 bits per heavy atom. The summed E-state index contributed by atoms with van der Waals surface area (Å²) in [5, 5.41) is 0.866. The molecule has 0 amide bonds. The largest absolute Gasteiger partial charge is 0.454 e. The predicted octanol–water partition coefficient (Wildman–Crippen LogP) is 3.92. The number of benzene rings is 2. The van der Waals surface area contributed by atoms with Crippen LogP contribution in [0.2, 0.25) is 5.02 Å². The topological polar surface area (TPSA) is 47.5 Å². The number of hydrogen-bond donors (Lipinski definition) is 0. The molecule has 0 spiro atoms. The smallest absolute Gasteiger partial charge is 0.231 e. The Kier molecular flexibility index (Phi) is 3.20. The molecule has 4 rings (SSSR count). The van der Waals surface area contributed by atoms with E-state index in [0.29, 0.717) is 23.0 Å². The van der Waals surface area contributed by atoms with Gasteiger partial charge in [0.1, 0.15) is 18.0 Å². The van der Waals surface area contributed by atoms with Gasteiger partial charge in [0.15, 0.2) is 11.5 Å². The number of aromatic nitrogens is 2. The molecule has 0 unspecified atom stereocenters. The number of ether oxygens (including phenoxy) is 2. The molecule has 116 valence electrons. The summed E-state index contributed by atoms with van der Waals surface area (Å²) >= 11 is 5.87. The fourth-order valence-corrected chi connectivity index (χ4v) is 2.69. The molecule has 23 heavy (non-hydrogen) atoms. The van der Waals surface area contributed by atoms with E-state index in [9.17, 15) is 4.39 Å². The van der Waals surface area contributed by atoms with Crippen molar-refractivity contribution in [2.45, 2.75) is 0 Å². The van der Waals surface area contributed by atoms with E-state index < -0.39 is 5.82 Å². The van der Waals surface area contributed by atoms with Gasteiger partial charge < -0.3 is 14.4 Å². The molecule has 0 N–H and O–H groups in total. The summed E-state index contributed by atoms with van der Waals surface area (Å²) in [6.07, 6.45) is 1.47. The molecule has 1 aliphatic rings. The minimum atomic E-state index is -0.459. The van der Waals surface area contributed by atoms with Gasteiger partial charge in [-0.3, -0.25) is 0 Å². The van der Waals surface area contributed by atoms with Crippen LogP contribution in [-0.4, -0.2) is 23.8 Å². The fourth-order valence-electron chi connectivity index (χ4n) is 2.52. The quantitative estimate of drug-likeness (QED) is 0.712. The van der Waals surface area contributed by atoms with E-state index in [1.54, 1.807) is 12.1 Å². The van der Waals surface area contributed by atoms with Crippen LogP contribution in [0.5, 0.6) is 11.5 Å². The average molecular weight is 332 g/mol. The number of halogens is 2. The minimum absolute atomic E-state index is 0.0605. The molecule has 0 fully saturated rings. The molecule has 0 saturated heterocycles. The van der Waals surface area contributed by atoms with Gasteiger partial charge in [0.05, 0.1) is 10.5 Å². The fraction of sp³-hybridized carbons (Fsp3) is 0.125. The van der Waals surface area contributed by atoms with Gasteiger partial charge in [-0.25, -0.2) is 14.4 Å². The summed E-state index contributed by atoms with van der Waals surface area (Å²) < 4.78 is 24.1. The van der Waals surface area contributed by atoms with Gasteiger partial charge in [-0.15, -0.1) is 0 Å². The number of anilines is 2. The standard InChI is InChI=1S/C16H11ClFN3O2/c1-21(9-2-3-12(18)11(17)4-9)16-10-5-14-15(23-8-22-14)6-13(10)19-7-20-16/h2-7H,8H2,1H3. The maximum absolute atomic E-state index is 13.4. The second-order valence-corrected chi connectivity index (χ2v) is 5.48. The highest BCUT2D eigenvalue weighted by Gasteiger charge is 2.18. The van der Waals surface area contributed by atoms with Crippen molar-refractivity contribution in [2.24, 2.45) is 0 Å². The summed E-state index contributed by atoms with van der Waals surface area (Å²) in [7, 11) is 1.83. The highest BCUT2D eigenvalue weighted by molar-refractivity contribution is 6.31. The predicted molar refractivity (Wildman–Crippen MR) is 85.1 cm³/mol. The van der Waals surface area contributed by atoms with E-state index in [4.69, 9.17) is 21.1 Å². The second kappa shape index (κ2) is 5.24. The molecule has 7 heteroatoms. The van der Waals surface area contributed by atoms with Gasteiger partial charge in [0.25, 0.3) is 0 Å². The Morgan fingerprint density at radius 2 is 1.91 bits per heavy atom. The normalized spacial score (nSPS) is 12.7. The van der Waals surface area contributed by atoms with Gasteiger partial charge in [-0.1, -0.05) is 11.6 Å². The van der Waals surface area contributed by atoms with Gasteiger partial charge in [-0.05, 0) is 24.3 Å². The van der Waals surface area contributed by atoms with Crippen LogP contribution in [0.4, 0.5) is 15.9 Å². The molecule has 3 aromatic rings. The van der Waals surface area contributed by atoms with E-state index in [0.717, 1.165) is 10.9 Å². The van der Waals surface area contributed by atoms with E-state index in [2.05, 4.69) is 9.97 Å². The molecular formula is C16H11ClFN3O2. The Morgan fingerprint density at radius 1 is 1.13 bits per heavy atom. The summed E-state index contributed by atoms with van der Waals surface area (Å²) in [4.78, 5) is 10.4. The first-order valence-corrected chi connectivity index (χ1v) is 7.24. The van der Waals surface area contributed by atoms with Crippen LogP contribution in [0.25, 0.3) is 10.9 Å². The second-order valence-electron chi connectivity index (χ2n) is 5.08. The molecule has 0 atom stereocenters. The van der Waals surface area contributed by atoms with Crippen molar-refractivity contribution in [3.8, 4) is 11.5 Å². The third-order valence-corrected chi connectivity index (χ3v) is 4.01. The van der Waals surface area contributed by atoms with E-state index in [1.165, 1.54) is 12.4 Å². The van der Waals surface area contributed by atoms with Crippen LogP contribution in [0.15, 0.2) is 36.7 Å². The first-order chi connectivity index (χ1) is 11.1. The van der Waals surface area contributed by atoms with Crippen molar-refractivity contribution in [3.63, 3.8) is 0 Å². The summed E-state index contributed by atoms with van der Waals surface area (Å²) in [6, 6.07) is 8.18. The molecule has 0 bridgehead atoms. The van der Waals surface area contributed by atoms with Crippen LogP contribution in [0.3, 0.4) is 0 Å². The molecular weight excluding hydrogens is 321 g/mol. The van der Waals surface area contributed by atoms with Crippen molar-refractivity contribution in [3.05, 3.63) is 47.5 Å². The van der Waals surface area contributed by atoms with Gasteiger partial charge in [0, 0.05) is 24.2 Å². The maximum Gasteiger partial charge on any atom is 0.231 e. The molecule has 2 aromatic carbocycles. The zero-order valence-corrected chi connectivity index (χ0v) is 12.8. The zero-order valence-electron chi connectivity index (χ0n) is 12.1. The Balaban J connectivity index is 1.86. The number of hydrogen-bond acceptors (Lipinski definition) is 5. The minimum Gasteiger partial charge on any atom is -0.454 e. The highest BCUT2D eigenvalue weighted by atomic mass is 35.5. The van der Waals surface area contributed by atoms with E-state index in [-0.39, 0.29) is 11.8 Å². The maximum atomic E-state index is 13.4. The van der Waals surface area contributed by atoms with Gasteiger partial charge in [0.2, 0.25) is 6.79 Å². The van der Waals surface area contributed by atoms with Crippen LogP contribution >= 0.6 is 11.6 Å². The lowest BCUT2D eigenvalue weighted by Crippen LogP contribution is -2.12. The lowest BCUT2D eigenvalue weighted by atomic mass is 10.2. The van der Waals surface area contributed by atoms with Gasteiger partial charge >= 0.3 is 0 Å². The first kappa shape index (κ1) is 14.0. The van der Waals surface area contributed by atoms with Crippen molar-refractivity contribution in [1.82, 2.24) is 9.97 Å². The molecule has 0 radical (unpaired) electrons. The van der Waals surface area contributed by atoms with Crippen LogP contribution < -0.4 is 14.4 Å². The lowest BCUT2D eigenvalue weighted by molar-refractivity contribution is 0.174. The Bertz CT molecular complexity index is 919. The van der Waals surface area contributed by atoms with Crippen molar-refractivity contribution in [2.75, 3.05) is 18.7 Å². The SMILES string of the molecule is CN(c1ccc(F)c(Cl)c1)c1ncnc2cc3c(cc12)OCO3. The summed E-state index contributed by atoms with van der Waals surface area (Å²) in [5.74, 6) is 1.52. The van der Waals surface area contributed by atoms with Crippen LogP contribution in [0.1, 0.15) is 0 Å².